The molecule has 1 fully saturated rings. The zero-order chi connectivity index (χ0) is 14.8. The minimum Gasteiger partial charge on any atom is -0.350 e. The van der Waals surface area contributed by atoms with Crippen molar-refractivity contribution < 1.29 is 4.79 Å². The van der Waals surface area contributed by atoms with Gasteiger partial charge >= 0.3 is 0 Å². The Morgan fingerprint density at radius 3 is 2.71 bits per heavy atom. The van der Waals surface area contributed by atoms with Gasteiger partial charge in [0, 0.05) is 36.6 Å². The minimum atomic E-state index is -0.137. The third kappa shape index (κ3) is 2.56. The summed E-state index contributed by atoms with van der Waals surface area (Å²) in [5.41, 5.74) is 0.934. The van der Waals surface area contributed by atoms with Gasteiger partial charge in [-0.2, -0.15) is 0 Å². The molecular weight excluding hydrogens is 266 g/mol. The van der Waals surface area contributed by atoms with E-state index in [9.17, 15) is 9.59 Å². The number of benzene rings is 1. The number of hydrogen-bond donors (Lipinski definition) is 1. The van der Waals surface area contributed by atoms with Crippen molar-refractivity contribution >= 4 is 16.8 Å². The highest BCUT2D eigenvalue weighted by molar-refractivity contribution is 5.94. The van der Waals surface area contributed by atoms with Crippen LogP contribution in [0.4, 0.5) is 0 Å². The number of carbonyl (C=O) groups is 1. The number of hydrogen-bond acceptors (Lipinski definition) is 3. The summed E-state index contributed by atoms with van der Waals surface area (Å²) in [5.74, 6) is -0.137. The Hall–Kier alpha value is -2.14. The van der Waals surface area contributed by atoms with E-state index in [2.05, 4.69) is 9.99 Å². The molecule has 1 saturated heterocycles. The molecule has 1 aromatic heterocycles. The van der Waals surface area contributed by atoms with E-state index >= 15 is 0 Å². The summed E-state index contributed by atoms with van der Waals surface area (Å²) < 4.78 is 0. The molecule has 0 unspecified atom stereocenters. The van der Waals surface area contributed by atoms with Gasteiger partial charge in [-0.3, -0.25) is 14.6 Å². The van der Waals surface area contributed by atoms with Gasteiger partial charge < -0.3 is 4.98 Å². The van der Waals surface area contributed by atoms with Crippen molar-refractivity contribution in [2.45, 2.75) is 19.8 Å². The first-order chi connectivity index (χ1) is 10.2. The van der Waals surface area contributed by atoms with Crippen molar-refractivity contribution in [3.63, 3.8) is 0 Å². The van der Waals surface area contributed by atoms with Gasteiger partial charge in [0.1, 0.15) is 5.69 Å². The van der Waals surface area contributed by atoms with Crippen LogP contribution in [0, 0.1) is 0 Å². The van der Waals surface area contributed by atoms with Crippen LogP contribution in [0.3, 0.4) is 0 Å². The third-order valence-corrected chi connectivity index (χ3v) is 3.93. The predicted molar refractivity (Wildman–Crippen MR) is 82.1 cm³/mol. The first kappa shape index (κ1) is 13.8. The van der Waals surface area contributed by atoms with Gasteiger partial charge in [0.25, 0.3) is 5.91 Å². The highest BCUT2D eigenvalue weighted by atomic mass is 16.2. The first-order valence-electron chi connectivity index (χ1n) is 7.39. The van der Waals surface area contributed by atoms with Crippen LogP contribution < -0.4 is 5.43 Å². The van der Waals surface area contributed by atoms with E-state index in [0.717, 1.165) is 25.9 Å². The molecule has 0 radical (unpaired) electrons. The molecule has 2 heterocycles. The van der Waals surface area contributed by atoms with Crippen LogP contribution in [0.2, 0.25) is 0 Å². The predicted octanol–water partition coefficient (Wildman–Crippen LogP) is 2.00. The molecule has 0 bridgehead atoms. The van der Waals surface area contributed by atoms with Crippen molar-refractivity contribution in [2.24, 2.45) is 0 Å². The summed E-state index contributed by atoms with van der Waals surface area (Å²) in [7, 11) is 0. The van der Waals surface area contributed by atoms with Crippen LogP contribution in [0.15, 0.2) is 35.1 Å². The zero-order valence-corrected chi connectivity index (χ0v) is 12.1. The van der Waals surface area contributed by atoms with Gasteiger partial charge in [0.15, 0.2) is 5.43 Å². The molecule has 1 aromatic carbocycles. The van der Waals surface area contributed by atoms with Crippen LogP contribution in [0.1, 0.15) is 30.3 Å². The summed E-state index contributed by atoms with van der Waals surface area (Å²) in [5, 5.41) is 4.40. The third-order valence-electron chi connectivity index (χ3n) is 3.93. The highest BCUT2D eigenvalue weighted by Crippen LogP contribution is 2.14. The second kappa shape index (κ2) is 5.69. The van der Waals surface area contributed by atoms with Crippen LogP contribution in [-0.4, -0.2) is 40.5 Å². The molecule has 3 rings (SSSR count). The fourth-order valence-electron chi connectivity index (χ4n) is 2.87. The fourth-order valence-corrected chi connectivity index (χ4v) is 2.87. The topological polar surface area (TPSA) is 56.4 Å². The molecule has 2 aromatic rings. The van der Waals surface area contributed by atoms with E-state index in [0.29, 0.717) is 23.1 Å². The van der Waals surface area contributed by atoms with Gasteiger partial charge in [-0.15, -0.1) is 0 Å². The Kier molecular flexibility index (Phi) is 3.75. The van der Waals surface area contributed by atoms with E-state index in [1.54, 1.807) is 11.1 Å². The van der Waals surface area contributed by atoms with Crippen molar-refractivity contribution in [1.82, 2.24) is 15.0 Å². The van der Waals surface area contributed by atoms with E-state index < -0.39 is 0 Å². The molecule has 0 aliphatic carbocycles. The number of pyridine rings is 1. The Labute approximate surface area is 123 Å². The Bertz CT molecular complexity index is 717. The monoisotopic (exact) mass is 285 g/mol. The Morgan fingerprint density at radius 1 is 1.29 bits per heavy atom. The lowest BCUT2D eigenvalue weighted by Gasteiger charge is -2.30. The number of aromatic amines is 1. The number of nitrogens with one attached hydrogen (secondary N) is 1. The lowest BCUT2D eigenvalue weighted by molar-refractivity contribution is 0.00685. The Morgan fingerprint density at radius 2 is 2.00 bits per heavy atom. The number of H-pyrrole nitrogens is 1. The van der Waals surface area contributed by atoms with Gasteiger partial charge in [-0.1, -0.05) is 12.1 Å². The smallest absolute Gasteiger partial charge is 0.284 e. The number of rotatable bonds is 3. The zero-order valence-electron chi connectivity index (χ0n) is 12.1. The SMILES string of the molecule is CCN(C(=O)c1cc(=O)c2ccccc2[nH]1)N1CCCC1. The second-order valence-electron chi connectivity index (χ2n) is 5.27. The molecule has 0 atom stereocenters. The molecule has 0 saturated carbocycles. The standard InChI is InChI=1S/C16H19N3O2/c1-2-19(18-9-5-6-10-18)16(21)14-11-15(20)12-7-3-4-8-13(12)17-14/h3-4,7-8,11H,2,5-6,9-10H2,1H3,(H,17,20). The van der Waals surface area contributed by atoms with Crippen molar-refractivity contribution in [1.29, 1.82) is 0 Å². The number of para-hydroxylation sites is 1. The molecule has 1 N–H and O–H groups in total. The number of fused-ring (bicyclic) bond motifs is 1. The molecule has 21 heavy (non-hydrogen) atoms. The summed E-state index contributed by atoms with van der Waals surface area (Å²) in [6, 6.07) is 8.66. The molecule has 110 valence electrons. The largest absolute Gasteiger partial charge is 0.350 e. The molecule has 5 heteroatoms. The number of amides is 1. The average molecular weight is 285 g/mol. The van der Waals surface area contributed by atoms with Crippen molar-refractivity contribution in [2.75, 3.05) is 19.6 Å². The summed E-state index contributed by atoms with van der Waals surface area (Å²) in [6.45, 7) is 4.36. The summed E-state index contributed by atoms with van der Waals surface area (Å²) >= 11 is 0. The van der Waals surface area contributed by atoms with Crippen molar-refractivity contribution in [3.05, 3.63) is 46.2 Å². The lowest BCUT2D eigenvalue weighted by atomic mass is 10.2. The van der Waals surface area contributed by atoms with Crippen LogP contribution in [0.5, 0.6) is 0 Å². The van der Waals surface area contributed by atoms with Gasteiger partial charge in [-0.05, 0) is 31.9 Å². The van der Waals surface area contributed by atoms with E-state index in [1.807, 2.05) is 25.1 Å². The normalized spacial score (nSPS) is 15.5. The maximum absolute atomic E-state index is 12.7. The number of hydrazine groups is 1. The van der Waals surface area contributed by atoms with Gasteiger partial charge in [0.2, 0.25) is 0 Å². The number of carbonyl (C=O) groups excluding carboxylic acids is 1. The maximum Gasteiger partial charge on any atom is 0.284 e. The molecule has 1 aliphatic heterocycles. The lowest BCUT2D eigenvalue weighted by Crippen LogP contribution is -2.45. The number of aromatic nitrogens is 1. The Balaban J connectivity index is 1.98. The minimum absolute atomic E-state index is 0.120. The summed E-state index contributed by atoms with van der Waals surface area (Å²) in [4.78, 5) is 27.9. The quantitative estimate of drug-likeness (QED) is 0.938. The van der Waals surface area contributed by atoms with Crippen molar-refractivity contribution in [3.8, 4) is 0 Å². The average Bonchev–Trinajstić information content (AvgIpc) is 3.02. The van der Waals surface area contributed by atoms with E-state index in [-0.39, 0.29) is 11.3 Å². The molecule has 1 amide bonds. The maximum atomic E-state index is 12.7. The molecule has 1 aliphatic rings. The number of nitrogens with zero attached hydrogens (tertiary/aromatic N) is 2. The molecular formula is C16H19N3O2. The van der Waals surface area contributed by atoms with Crippen LogP contribution in [-0.2, 0) is 0 Å². The summed E-state index contributed by atoms with van der Waals surface area (Å²) in [6.07, 6.45) is 2.22. The van der Waals surface area contributed by atoms with Gasteiger partial charge in [0.05, 0.1) is 0 Å². The molecule has 0 spiro atoms. The highest BCUT2D eigenvalue weighted by Gasteiger charge is 2.24. The van der Waals surface area contributed by atoms with Crippen LogP contribution >= 0.6 is 0 Å². The van der Waals surface area contributed by atoms with Gasteiger partial charge in [-0.25, -0.2) is 5.01 Å². The fraction of sp³-hybridized carbons (Fsp3) is 0.375. The first-order valence-corrected chi connectivity index (χ1v) is 7.39. The molecule has 5 nitrogen and oxygen atoms in total. The van der Waals surface area contributed by atoms with Crippen LogP contribution in [0.25, 0.3) is 10.9 Å². The second-order valence-corrected chi connectivity index (χ2v) is 5.27. The van der Waals surface area contributed by atoms with E-state index in [1.165, 1.54) is 6.07 Å². The van der Waals surface area contributed by atoms with E-state index in [4.69, 9.17) is 0 Å².